The number of aryl methyl sites for hydroxylation is 1. The minimum absolute atomic E-state index is 0.0461. The number of hydrogen-bond donors (Lipinski definition) is 1. The molecule has 0 spiro atoms. The van der Waals surface area contributed by atoms with Gasteiger partial charge in [-0.05, 0) is 42.2 Å². The van der Waals surface area contributed by atoms with E-state index in [0.717, 1.165) is 17.5 Å². The van der Waals surface area contributed by atoms with Gasteiger partial charge in [0.1, 0.15) is 5.82 Å². The van der Waals surface area contributed by atoms with Crippen LogP contribution in [0.25, 0.3) is 0 Å². The van der Waals surface area contributed by atoms with Crippen molar-refractivity contribution >= 4 is 11.6 Å². The van der Waals surface area contributed by atoms with Crippen LogP contribution in [0.5, 0.6) is 0 Å². The summed E-state index contributed by atoms with van der Waals surface area (Å²) < 4.78 is 13.2. The van der Waals surface area contributed by atoms with Crippen LogP contribution in [0.2, 0.25) is 0 Å². The third-order valence-corrected chi connectivity index (χ3v) is 4.10. The van der Waals surface area contributed by atoms with Crippen LogP contribution in [0, 0.1) is 18.7 Å². The predicted octanol–water partition coefficient (Wildman–Crippen LogP) is 4.90. The van der Waals surface area contributed by atoms with Gasteiger partial charge in [0.15, 0.2) is 0 Å². The molecule has 2 aromatic rings. The van der Waals surface area contributed by atoms with E-state index in [4.69, 9.17) is 0 Å². The summed E-state index contributed by atoms with van der Waals surface area (Å²) in [4.78, 5) is 12.7. The summed E-state index contributed by atoms with van der Waals surface area (Å²) in [5.41, 5.74) is 2.40. The Bertz CT molecular complexity index is 639. The van der Waals surface area contributed by atoms with Gasteiger partial charge >= 0.3 is 0 Å². The number of anilines is 1. The van der Waals surface area contributed by atoms with Crippen LogP contribution in [-0.4, -0.2) is 5.91 Å². The second kappa shape index (κ2) is 7.21. The van der Waals surface area contributed by atoms with Gasteiger partial charge in [0.05, 0.1) is 5.92 Å². The molecule has 1 amide bonds. The van der Waals surface area contributed by atoms with Crippen molar-refractivity contribution in [2.75, 3.05) is 5.32 Å². The molecule has 2 nitrogen and oxygen atoms in total. The lowest BCUT2D eigenvalue weighted by molar-refractivity contribution is -0.118. The third kappa shape index (κ3) is 3.73. The second-order valence-corrected chi connectivity index (χ2v) is 5.72. The van der Waals surface area contributed by atoms with Crippen LogP contribution >= 0.6 is 0 Å². The van der Waals surface area contributed by atoms with Crippen molar-refractivity contribution in [1.29, 1.82) is 0 Å². The number of halogens is 1. The third-order valence-electron chi connectivity index (χ3n) is 4.10. The van der Waals surface area contributed by atoms with Crippen molar-refractivity contribution in [3.63, 3.8) is 0 Å². The van der Waals surface area contributed by atoms with Gasteiger partial charge in [0, 0.05) is 5.69 Å². The molecular formula is C19H22FNO. The van der Waals surface area contributed by atoms with Gasteiger partial charge in [-0.15, -0.1) is 0 Å². The highest BCUT2D eigenvalue weighted by atomic mass is 19.1. The lowest BCUT2D eigenvalue weighted by Crippen LogP contribution is -2.26. The largest absolute Gasteiger partial charge is 0.325 e. The molecule has 116 valence electrons. The zero-order valence-corrected chi connectivity index (χ0v) is 13.3. The average Bonchev–Trinajstić information content (AvgIpc) is 2.51. The van der Waals surface area contributed by atoms with Crippen molar-refractivity contribution in [3.8, 4) is 0 Å². The molecule has 0 radical (unpaired) electrons. The van der Waals surface area contributed by atoms with Crippen molar-refractivity contribution in [2.24, 2.45) is 5.92 Å². The van der Waals surface area contributed by atoms with E-state index in [1.807, 2.05) is 30.3 Å². The lowest BCUT2D eigenvalue weighted by atomic mass is 9.85. The van der Waals surface area contributed by atoms with E-state index in [-0.39, 0.29) is 23.6 Å². The Labute approximate surface area is 131 Å². The minimum atomic E-state index is -0.294. The van der Waals surface area contributed by atoms with Gasteiger partial charge in [-0.1, -0.05) is 50.6 Å². The maximum atomic E-state index is 13.2. The standard InChI is InChI=1S/C19H22FNO/c1-4-13(2)18(15-8-6-5-7-9-15)19(22)21-17-11-10-16(20)12-14(17)3/h5-13,18H,4H2,1-3H3,(H,21,22)/t13-,18+/m1/s1. The fourth-order valence-corrected chi connectivity index (χ4v) is 2.61. The van der Waals surface area contributed by atoms with Crippen molar-refractivity contribution < 1.29 is 9.18 Å². The van der Waals surface area contributed by atoms with Crippen molar-refractivity contribution in [1.82, 2.24) is 0 Å². The minimum Gasteiger partial charge on any atom is -0.325 e. The molecule has 0 aliphatic rings. The second-order valence-electron chi connectivity index (χ2n) is 5.72. The quantitative estimate of drug-likeness (QED) is 0.835. The van der Waals surface area contributed by atoms with Gasteiger partial charge in [-0.3, -0.25) is 4.79 Å². The highest BCUT2D eigenvalue weighted by Gasteiger charge is 2.26. The van der Waals surface area contributed by atoms with Crippen LogP contribution < -0.4 is 5.32 Å². The van der Waals surface area contributed by atoms with E-state index in [9.17, 15) is 9.18 Å². The van der Waals surface area contributed by atoms with E-state index < -0.39 is 0 Å². The van der Waals surface area contributed by atoms with Crippen LogP contribution in [0.3, 0.4) is 0 Å². The fourth-order valence-electron chi connectivity index (χ4n) is 2.61. The Hall–Kier alpha value is -2.16. The van der Waals surface area contributed by atoms with E-state index in [2.05, 4.69) is 19.2 Å². The number of benzene rings is 2. The monoisotopic (exact) mass is 299 g/mol. The molecule has 2 rings (SSSR count). The molecule has 0 fully saturated rings. The zero-order valence-electron chi connectivity index (χ0n) is 13.3. The molecule has 1 N–H and O–H groups in total. The zero-order chi connectivity index (χ0) is 16.1. The first-order valence-electron chi connectivity index (χ1n) is 7.65. The molecule has 0 aliphatic carbocycles. The topological polar surface area (TPSA) is 29.1 Å². The Kier molecular flexibility index (Phi) is 5.31. The van der Waals surface area contributed by atoms with E-state index in [0.29, 0.717) is 5.69 Å². The number of rotatable bonds is 5. The molecule has 0 unspecified atom stereocenters. The number of nitrogens with one attached hydrogen (secondary N) is 1. The Balaban J connectivity index is 2.26. The van der Waals surface area contributed by atoms with Crippen LogP contribution in [0.1, 0.15) is 37.3 Å². The Morgan fingerprint density at radius 2 is 1.86 bits per heavy atom. The van der Waals surface area contributed by atoms with Crippen LogP contribution in [-0.2, 0) is 4.79 Å². The smallest absolute Gasteiger partial charge is 0.232 e. The highest BCUT2D eigenvalue weighted by Crippen LogP contribution is 2.29. The van der Waals surface area contributed by atoms with E-state index >= 15 is 0 Å². The summed E-state index contributed by atoms with van der Waals surface area (Å²) in [6, 6.07) is 14.2. The van der Waals surface area contributed by atoms with Gasteiger partial charge in [0.25, 0.3) is 0 Å². The predicted molar refractivity (Wildman–Crippen MR) is 88.4 cm³/mol. The van der Waals surface area contributed by atoms with Gasteiger partial charge < -0.3 is 5.32 Å². The lowest BCUT2D eigenvalue weighted by Gasteiger charge is -2.23. The summed E-state index contributed by atoms with van der Waals surface area (Å²) in [7, 11) is 0. The number of hydrogen-bond acceptors (Lipinski definition) is 1. The SMILES string of the molecule is CC[C@@H](C)[C@H](C(=O)Nc1ccc(F)cc1C)c1ccccc1. The molecule has 2 aromatic carbocycles. The number of carbonyl (C=O) groups is 1. The average molecular weight is 299 g/mol. The number of amides is 1. The van der Waals surface area contributed by atoms with Gasteiger partial charge in [0.2, 0.25) is 5.91 Å². The first-order valence-corrected chi connectivity index (χ1v) is 7.65. The summed E-state index contributed by atoms with van der Waals surface area (Å²) in [5.74, 6) is -0.328. The van der Waals surface area contributed by atoms with Gasteiger partial charge in [-0.25, -0.2) is 4.39 Å². The molecular weight excluding hydrogens is 277 g/mol. The maximum absolute atomic E-state index is 13.2. The molecule has 2 atom stereocenters. The van der Waals surface area contributed by atoms with Crippen LogP contribution in [0.4, 0.5) is 10.1 Å². The van der Waals surface area contributed by atoms with E-state index in [1.165, 1.54) is 12.1 Å². The first kappa shape index (κ1) is 16.2. The van der Waals surface area contributed by atoms with Gasteiger partial charge in [-0.2, -0.15) is 0 Å². The van der Waals surface area contributed by atoms with E-state index in [1.54, 1.807) is 13.0 Å². The molecule has 0 aromatic heterocycles. The number of carbonyl (C=O) groups excluding carboxylic acids is 1. The van der Waals surface area contributed by atoms with Crippen molar-refractivity contribution in [2.45, 2.75) is 33.1 Å². The highest BCUT2D eigenvalue weighted by molar-refractivity contribution is 5.96. The summed E-state index contributed by atoms with van der Waals surface area (Å²) in [6.45, 7) is 5.95. The van der Waals surface area contributed by atoms with Crippen LogP contribution in [0.15, 0.2) is 48.5 Å². The summed E-state index contributed by atoms with van der Waals surface area (Å²) in [6.07, 6.45) is 0.912. The summed E-state index contributed by atoms with van der Waals surface area (Å²) in [5, 5.41) is 2.95. The molecule has 0 aliphatic heterocycles. The molecule has 0 saturated carbocycles. The first-order chi connectivity index (χ1) is 10.5. The summed E-state index contributed by atoms with van der Waals surface area (Å²) >= 11 is 0. The fraction of sp³-hybridized carbons (Fsp3) is 0.316. The molecule has 3 heteroatoms. The molecule has 0 saturated heterocycles. The molecule has 0 bridgehead atoms. The normalized spacial score (nSPS) is 13.5. The molecule has 0 heterocycles. The maximum Gasteiger partial charge on any atom is 0.232 e. The Morgan fingerprint density at radius 1 is 1.18 bits per heavy atom. The Morgan fingerprint density at radius 3 is 2.45 bits per heavy atom. The molecule has 22 heavy (non-hydrogen) atoms. The van der Waals surface area contributed by atoms with Crippen molar-refractivity contribution in [3.05, 3.63) is 65.5 Å².